The van der Waals surface area contributed by atoms with Crippen LogP contribution in [0.3, 0.4) is 0 Å². The molecular weight excluding hydrogens is 316 g/mol. The number of pyridine rings is 1. The first-order valence-corrected chi connectivity index (χ1v) is 5.81. The van der Waals surface area contributed by atoms with Gasteiger partial charge in [-0.3, -0.25) is 4.68 Å². The van der Waals surface area contributed by atoms with Crippen LogP contribution >= 0.6 is 23.2 Å². The van der Waals surface area contributed by atoms with E-state index in [0.717, 1.165) is 0 Å². The largest absolute Gasteiger partial charge is 0.434 e. The van der Waals surface area contributed by atoms with Gasteiger partial charge in [-0.1, -0.05) is 23.2 Å². The Labute approximate surface area is 121 Å². The number of rotatable bonds is 1. The van der Waals surface area contributed by atoms with Crippen molar-refractivity contribution in [3.8, 4) is 17.3 Å². The fourth-order valence-corrected chi connectivity index (χ4v) is 2.16. The van der Waals surface area contributed by atoms with Crippen LogP contribution in [-0.4, -0.2) is 9.66 Å². The van der Waals surface area contributed by atoms with Gasteiger partial charge in [0.15, 0.2) is 5.69 Å². The van der Waals surface area contributed by atoms with Crippen LogP contribution in [0.15, 0.2) is 18.3 Å². The van der Waals surface area contributed by atoms with Gasteiger partial charge in [0, 0.05) is 11.8 Å². The fourth-order valence-electron chi connectivity index (χ4n) is 1.72. The van der Waals surface area contributed by atoms with E-state index in [1.54, 1.807) is 6.07 Å². The highest BCUT2D eigenvalue weighted by Gasteiger charge is 2.40. The van der Waals surface area contributed by atoms with Crippen molar-refractivity contribution in [3.63, 3.8) is 0 Å². The second-order valence-corrected chi connectivity index (χ2v) is 4.50. The van der Waals surface area contributed by atoms with Crippen LogP contribution in [-0.2, 0) is 6.18 Å². The Bertz CT molecular complexity index is 698. The third-order valence-corrected chi connectivity index (χ3v) is 3.12. The van der Waals surface area contributed by atoms with Crippen molar-refractivity contribution in [2.24, 2.45) is 0 Å². The summed E-state index contributed by atoms with van der Waals surface area (Å²) in [5.41, 5.74) is -1.63. The zero-order valence-electron chi connectivity index (χ0n) is 9.54. The number of alkyl halides is 3. The number of nitrogen functional groups attached to an aromatic ring is 1. The van der Waals surface area contributed by atoms with Crippen molar-refractivity contribution in [1.82, 2.24) is 9.66 Å². The van der Waals surface area contributed by atoms with Gasteiger partial charge in [-0.05, 0) is 12.1 Å². The first kappa shape index (κ1) is 14.5. The smallest absolute Gasteiger partial charge is 0.338 e. The lowest BCUT2D eigenvalue weighted by molar-refractivity contribution is -0.142. The predicted molar refractivity (Wildman–Crippen MR) is 67.6 cm³/mol. The first-order chi connectivity index (χ1) is 9.27. The van der Waals surface area contributed by atoms with E-state index in [2.05, 4.69) is 4.98 Å². The van der Waals surface area contributed by atoms with E-state index in [1.165, 1.54) is 18.3 Å². The predicted octanol–water partition coefficient (Wildman–Crippen LogP) is 3.46. The Morgan fingerprint density at radius 3 is 2.40 bits per heavy atom. The molecule has 20 heavy (non-hydrogen) atoms. The molecule has 104 valence electrons. The molecule has 0 unspecified atom stereocenters. The number of hydrogen-bond acceptors (Lipinski definition) is 3. The number of hydrogen-bond donors (Lipinski definition) is 1. The van der Waals surface area contributed by atoms with Crippen molar-refractivity contribution < 1.29 is 13.2 Å². The lowest BCUT2D eigenvalue weighted by Gasteiger charge is -2.10. The van der Waals surface area contributed by atoms with E-state index in [-0.39, 0.29) is 22.0 Å². The topological polar surface area (TPSA) is 67.6 Å². The molecule has 0 atom stereocenters. The fraction of sp³-hybridized carbons (Fsp3) is 0.0909. The van der Waals surface area contributed by atoms with Crippen molar-refractivity contribution in [2.75, 3.05) is 5.84 Å². The quantitative estimate of drug-likeness (QED) is 0.646. The molecule has 0 spiro atoms. The lowest BCUT2D eigenvalue weighted by atomic mass is 10.1. The molecule has 2 rings (SSSR count). The molecule has 2 heterocycles. The second kappa shape index (κ2) is 4.89. The van der Waals surface area contributed by atoms with Gasteiger partial charge in [0.25, 0.3) is 0 Å². The van der Waals surface area contributed by atoms with Gasteiger partial charge in [0.2, 0.25) is 0 Å². The van der Waals surface area contributed by atoms with E-state index in [1.807, 2.05) is 0 Å². The summed E-state index contributed by atoms with van der Waals surface area (Å²) in [5, 5.41) is 8.42. The summed E-state index contributed by atoms with van der Waals surface area (Å²) >= 11 is 11.2. The molecule has 0 amide bonds. The Morgan fingerprint density at radius 2 is 1.95 bits per heavy atom. The molecule has 0 saturated carbocycles. The van der Waals surface area contributed by atoms with Crippen molar-refractivity contribution >= 4 is 23.2 Å². The maximum absolute atomic E-state index is 12.9. The van der Waals surface area contributed by atoms with Crippen LogP contribution < -0.4 is 5.84 Å². The Hall–Kier alpha value is -1.91. The number of nitrogens with zero attached hydrogens (tertiary/aromatic N) is 3. The van der Waals surface area contributed by atoms with E-state index in [9.17, 15) is 13.2 Å². The highest BCUT2D eigenvalue weighted by Crippen LogP contribution is 2.41. The van der Waals surface area contributed by atoms with Gasteiger partial charge < -0.3 is 5.84 Å². The Balaban J connectivity index is 2.78. The van der Waals surface area contributed by atoms with Gasteiger partial charge in [-0.25, -0.2) is 4.98 Å². The van der Waals surface area contributed by atoms with Crippen LogP contribution in [0.5, 0.6) is 0 Å². The van der Waals surface area contributed by atoms with Gasteiger partial charge in [-0.2, -0.15) is 18.4 Å². The summed E-state index contributed by atoms with van der Waals surface area (Å²) in [4.78, 5) is 3.74. The van der Waals surface area contributed by atoms with E-state index >= 15 is 0 Å². The van der Waals surface area contributed by atoms with Crippen LogP contribution in [0.2, 0.25) is 10.2 Å². The minimum atomic E-state index is -4.78. The molecule has 2 aromatic rings. The van der Waals surface area contributed by atoms with E-state index < -0.39 is 16.9 Å². The van der Waals surface area contributed by atoms with Crippen LogP contribution in [0.25, 0.3) is 11.3 Å². The van der Waals surface area contributed by atoms with Gasteiger partial charge >= 0.3 is 6.18 Å². The molecule has 0 aromatic carbocycles. The number of aromatic nitrogens is 2. The molecule has 0 fully saturated rings. The molecule has 2 aromatic heterocycles. The third-order valence-electron chi connectivity index (χ3n) is 2.53. The molecular formula is C11H5Cl2F3N4. The monoisotopic (exact) mass is 320 g/mol. The van der Waals surface area contributed by atoms with Crippen LogP contribution in [0.4, 0.5) is 13.2 Å². The average Bonchev–Trinajstić information content (AvgIpc) is 2.60. The molecule has 0 aliphatic heterocycles. The summed E-state index contributed by atoms with van der Waals surface area (Å²) in [5.74, 6) is 5.44. The zero-order valence-corrected chi connectivity index (χ0v) is 11.1. The summed E-state index contributed by atoms with van der Waals surface area (Å²) in [6.07, 6.45) is -3.58. The number of nitrogens with two attached hydrogens (primary N) is 1. The summed E-state index contributed by atoms with van der Waals surface area (Å²) in [6, 6.07) is 4.38. The molecule has 0 aliphatic rings. The zero-order chi connectivity index (χ0) is 15.1. The summed E-state index contributed by atoms with van der Waals surface area (Å²) < 4.78 is 39.0. The normalized spacial score (nSPS) is 11.4. The summed E-state index contributed by atoms with van der Waals surface area (Å²) in [6.45, 7) is 0. The maximum Gasteiger partial charge on any atom is 0.434 e. The molecule has 0 bridgehead atoms. The Kier molecular flexibility index (Phi) is 3.54. The van der Waals surface area contributed by atoms with Crippen LogP contribution in [0.1, 0.15) is 11.3 Å². The highest BCUT2D eigenvalue weighted by atomic mass is 35.5. The molecule has 0 radical (unpaired) electrons. The third kappa shape index (κ3) is 2.28. The lowest BCUT2D eigenvalue weighted by Crippen LogP contribution is -2.20. The molecule has 0 saturated heterocycles. The minimum Gasteiger partial charge on any atom is -0.338 e. The molecule has 9 heteroatoms. The van der Waals surface area contributed by atoms with Gasteiger partial charge in [-0.15, -0.1) is 0 Å². The molecule has 4 nitrogen and oxygen atoms in total. The maximum atomic E-state index is 12.9. The Morgan fingerprint density at radius 1 is 1.30 bits per heavy atom. The van der Waals surface area contributed by atoms with E-state index in [0.29, 0.717) is 4.68 Å². The van der Waals surface area contributed by atoms with Crippen molar-refractivity contribution in [3.05, 3.63) is 39.8 Å². The second-order valence-electron chi connectivity index (χ2n) is 3.74. The van der Waals surface area contributed by atoms with E-state index in [4.69, 9.17) is 34.3 Å². The average molecular weight is 321 g/mol. The van der Waals surface area contributed by atoms with Crippen LogP contribution in [0, 0.1) is 11.3 Å². The van der Waals surface area contributed by atoms with Crippen molar-refractivity contribution in [2.45, 2.75) is 6.18 Å². The van der Waals surface area contributed by atoms with Gasteiger partial charge in [0.05, 0.1) is 16.3 Å². The van der Waals surface area contributed by atoms with Crippen molar-refractivity contribution in [1.29, 1.82) is 5.26 Å². The number of nitriles is 1. The highest BCUT2D eigenvalue weighted by molar-refractivity contribution is 6.33. The standard InChI is InChI=1S/C11H5Cl2F3N4/c12-7-2-1-5(4-19-7)9-6(3-17)8(13)10(20(9)18)11(14,15)16/h1-2,4H,18H2. The first-order valence-electron chi connectivity index (χ1n) is 5.06. The molecule has 0 aliphatic carbocycles. The number of halogens is 5. The molecule has 2 N–H and O–H groups in total. The summed E-state index contributed by atoms with van der Waals surface area (Å²) in [7, 11) is 0. The SMILES string of the molecule is N#Cc1c(Cl)c(C(F)(F)F)n(N)c1-c1ccc(Cl)nc1. The minimum absolute atomic E-state index is 0.157. The van der Waals surface area contributed by atoms with Gasteiger partial charge in [0.1, 0.15) is 11.2 Å².